The first-order chi connectivity index (χ1) is 7.91. The number of halogens is 1. The third-order valence-corrected chi connectivity index (χ3v) is 4.07. The second kappa shape index (κ2) is 6.13. The standard InChI is InChI=1S/C10H12BrNO4S/c11-9-4-2-1-3-8(9)7-17(15,16)12-6-5-10(13)14/h1-4,12H,5-7H2,(H,13,14). The molecule has 0 spiro atoms. The second-order valence-electron chi connectivity index (χ2n) is 3.39. The Morgan fingerprint density at radius 1 is 1.35 bits per heavy atom. The Kier molecular flexibility index (Phi) is 5.10. The monoisotopic (exact) mass is 321 g/mol. The van der Waals surface area contributed by atoms with Crippen LogP contribution in [-0.4, -0.2) is 26.0 Å². The number of hydrogen-bond acceptors (Lipinski definition) is 3. The van der Waals surface area contributed by atoms with Crippen molar-refractivity contribution in [3.63, 3.8) is 0 Å². The van der Waals surface area contributed by atoms with Gasteiger partial charge in [-0.15, -0.1) is 0 Å². The third kappa shape index (κ3) is 5.29. The summed E-state index contributed by atoms with van der Waals surface area (Å²) in [6, 6.07) is 6.98. The first-order valence-corrected chi connectivity index (χ1v) is 7.28. The first kappa shape index (κ1) is 14.1. The predicted molar refractivity (Wildman–Crippen MR) is 67.0 cm³/mol. The summed E-state index contributed by atoms with van der Waals surface area (Å²) in [5, 5.41) is 8.40. The van der Waals surface area contributed by atoms with Gasteiger partial charge in [-0.1, -0.05) is 34.1 Å². The van der Waals surface area contributed by atoms with Crippen molar-refractivity contribution >= 4 is 31.9 Å². The van der Waals surface area contributed by atoms with E-state index >= 15 is 0 Å². The number of carboxylic acid groups (broad SMARTS) is 1. The van der Waals surface area contributed by atoms with Gasteiger partial charge in [-0.25, -0.2) is 13.1 Å². The summed E-state index contributed by atoms with van der Waals surface area (Å²) < 4.78 is 26.2. The molecule has 17 heavy (non-hydrogen) atoms. The van der Waals surface area contributed by atoms with E-state index in [1.165, 1.54) is 0 Å². The SMILES string of the molecule is O=C(O)CCNS(=O)(=O)Cc1ccccc1Br. The van der Waals surface area contributed by atoms with Gasteiger partial charge in [0, 0.05) is 11.0 Å². The number of benzene rings is 1. The molecule has 0 fully saturated rings. The molecule has 5 nitrogen and oxygen atoms in total. The molecule has 7 heteroatoms. The zero-order chi connectivity index (χ0) is 12.9. The molecule has 2 N–H and O–H groups in total. The molecule has 1 aromatic rings. The Labute approximate surface area is 108 Å². The van der Waals surface area contributed by atoms with E-state index in [-0.39, 0.29) is 18.7 Å². The molecule has 0 atom stereocenters. The fraction of sp³-hybridized carbons (Fsp3) is 0.300. The molecule has 1 rings (SSSR count). The minimum Gasteiger partial charge on any atom is -0.481 e. The van der Waals surface area contributed by atoms with Crippen LogP contribution < -0.4 is 4.72 Å². The highest BCUT2D eigenvalue weighted by atomic mass is 79.9. The maximum absolute atomic E-state index is 11.6. The van der Waals surface area contributed by atoms with Gasteiger partial charge in [0.15, 0.2) is 0 Å². The highest BCUT2D eigenvalue weighted by Crippen LogP contribution is 2.17. The smallest absolute Gasteiger partial charge is 0.304 e. The van der Waals surface area contributed by atoms with Crippen molar-refractivity contribution in [2.24, 2.45) is 0 Å². The Hall–Kier alpha value is -0.920. The molecular weight excluding hydrogens is 310 g/mol. The number of sulfonamides is 1. The molecule has 0 amide bonds. The average molecular weight is 322 g/mol. The van der Waals surface area contributed by atoms with Crippen LogP contribution in [0.1, 0.15) is 12.0 Å². The van der Waals surface area contributed by atoms with Crippen LogP contribution in [0.25, 0.3) is 0 Å². The molecule has 0 aliphatic carbocycles. The zero-order valence-corrected chi connectivity index (χ0v) is 11.3. The highest BCUT2D eigenvalue weighted by molar-refractivity contribution is 9.10. The van der Waals surface area contributed by atoms with Crippen molar-refractivity contribution in [2.45, 2.75) is 12.2 Å². The molecular formula is C10H12BrNO4S. The van der Waals surface area contributed by atoms with Crippen molar-refractivity contribution < 1.29 is 18.3 Å². The number of rotatable bonds is 6. The van der Waals surface area contributed by atoms with Crippen molar-refractivity contribution in [1.82, 2.24) is 4.72 Å². The predicted octanol–water partition coefficient (Wildman–Crippen LogP) is 1.34. The van der Waals surface area contributed by atoms with Crippen LogP contribution in [-0.2, 0) is 20.6 Å². The van der Waals surface area contributed by atoms with Crippen LogP contribution in [0.2, 0.25) is 0 Å². The number of hydrogen-bond donors (Lipinski definition) is 2. The molecule has 0 heterocycles. The first-order valence-electron chi connectivity index (χ1n) is 4.83. The molecule has 0 aliphatic rings. The van der Waals surface area contributed by atoms with Crippen molar-refractivity contribution in [1.29, 1.82) is 0 Å². The summed E-state index contributed by atoms with van der Waals surface area (Å²) in [4.78, 5) is 10.3. The van der Waals surface area contributed by atoms with Crippen LogP contribution in [0.3, 0.4) is 0 Å². The number of aliphatic carboxylic acids is 1. The molecule has 0 saturated heterocycles. The van der Waals surface area contributed by atoms with Crippen LogP contribution in [0, 0.1) is 0 Å². The van der Waals surface area contributed by atoms with Crippen LogP contribution in [0.4, 0.5) is 0 Å². The van der Waals surface area contributed by atoms with Crippen molar-refractivity contribution in [3.8, 4) is 0 Å². The molecule has 0 aromatic heterocycles. The summed E-state index contributed by atoms with van der Waals surface area (Å²) in [6.45, 7) is -0.0951. The van der Waals surface area contributed by atoms with E-state index < -0.39 is 16.0 Å². The van der Waals surface area contributed by atoms with Gasteiger partial charge >= 0.3 is 5.97 Å². The van der Waals surface area contributed by atoms with Gasteiger partial charge in [0.05, 0.1) is 12.2 Å². The normalized spacial score (nSPS) is 11.4. The maximum Gasteiger partial charge on any atom is 0.304 e. The van der Waals surface area contributed by atoms with Gasteiger partial charge in [0.1, 0.15) is 0 Å². The van der Waals surface area contributed by atoms with Gasteiger partial charge in [-0.2, -0.15) is 0 Å². The van der Waals surface area contributed by atoms with Crippen molar-refractivity contribution in [3.05, 3.63) is 34.3 Å². The number of carboxylic acids is 1. The quantitative estimate of drug-likeness (QED) is 0.828. The van der Waals surface area contributed by atoms with Gasteiger partial charge in [-0.3, -0.25) is 4.79 Å². The largest absolute Gasteiger partial charge is 0.481 e. The second-order valence-corrected chi connectivity index (χ2v) is 6.05. The summed E-state index contributed by atoms with van der Waals surface area (Å²) >= 11 is 3.25. The van der Waals surface area contributed by atoms with Crippen LogP contribution in [0.15, 0.2) is 28.7 Å². The lowest BCUT2D eigenvalue weighted by molar-refractivity contribution is -0.136. The lowest BCUT2D eigenvalue weighted by Gasteiger charge is -2.06. The number of carbonyl (C=O) groups is 1. The maximum atomic E-state index is 11.6. The fourth-order valence-electron chi connectivity index (χ4n) is 1.18. The van der Waals surface area contributed by atoms with Crippen LogP contribution >= 0.6 is 15.9 Å². The Morgan fingerprint density at radius 2 is 2.00 bits per heavy atom. The summed E-state index contributed by atoms with van der Waals surface area (Å²) in [6.07, 6.45) is -0.227. The Morgan fingerprint density at radius 3 is 2.59 bits per heavy atom. The van der Waals surface area contributed by atoms with E-state index in [0.717, 1.165) is 0 Å². The molecule has 94 valence electrons. The van der Waals surface area contributed by atoms with E-state index in [0.29, 0.717) is 10.0 Å². The summed E-state index contributed by atoms with van der Waals surface area (Å²) in [5.74, 6) is -1.21. The third-order valence-electron chi connectivity index (χ3n) is 1.96. The Bertz CT molecular complexity index is 501. The van der Waals surface area contributed by atoms with Crippen molar-refractivity contribution in [2.75, 3.05) is 6.54 Å². The molecule has 0 saturated carbocycles. The fourth-order valence-corrected chi connectivity index (χ4v) is 2.97. The molecule has 0 unspecified atom stereocenters. The van der Waals surface area contributed by atoms with Crippen LogP contribution in [0.5, 0.6) is 0 Å². The summed E-state index contributed by atoms with van der Waals surface area (Å²) in [7, 11) is -3.50. The Balaban J connectivity index is 2.61. The minimum absolute atomic E-state index is 0.0951. The molecule has 0 aliphatic heterocycles. The highest BCUT2D eigenvalue weighted by Gasteiger charge is 2.13. The lowest BCUT2D eigenvalue weighted by Crippen LogP contribution is -2.27. The molecule has 0 radical (unpaired) electrons. The minimum atomic E-state index is -3.50. The topological polar surface area (TPSA) is 83.5 Å². The van der Waals surface area contributed by atoms with Gasteiger partial charge in [0.25, 0.3) is 0 Å². The van der Waals surface area contributed by atoms with Gasteiger partial charge in [0.2, 0.25) is 10.0 Å². The van der Waals surface area contributed by atoms with E-state index in [1.54, 1.807) is 24.3 Å². The van der Waals surface area contributed by atoms with E-state index in [1.807, 2.05) is 0 Å². The summed E-state index contributed by atoms with van der Waals surface area (Å²) in [5.41, 5.74) is 0.635. The van der Waals surface area contributed by atoms with E-state index in [4.69, 9.17) is 5.11 Å². The number of nitrogens with one attached hydrogen (secondary N) is 1. The zero-order valence-electron chi connectivity index (χ0n) is 8.89. The molecule has 1 aromatic carbocycles. The van der Waals surface area contributed by atoms with Gasteiger partial charge in [-0.05, 0) is 11.6 Å². The molecule has 0 bridgehead atoms. The lowest BCUT2D eigenvalue weighted by atomic mass is 10.2. The van der Waals surface area contributed by atoms with Gasteiger partial charge < -0.3 is 5.11 Å². The van der Waals surface area contributed by atoms with E-state index in [2.05, 4.69) is 20.7 Å². The van der Waals surface area contributed by atoms with E-state index in [9.17, 15) is 13.2 Å². The average Bonchev–Trinajstić information content (AvgIpc) is 2.20.